The molecular formula is C13H14N4S. The van der Waals surface area contributed by atoms with Crippen LogP contribution >= 0.6 is 11.3 Å². The van der Waals surface area contributed by atoms with Crippen LogP contribution in [0.25, 0.3) is 10.1 Å². The zero-order chi connectivity index (χ0) is 12.5. The summed E-state index contributed by atoms with van der Waals surface area (Å²) in [5.41, 5.74) is 8.40. The molecule has 0 amide bonds. The van der Waals surface area contributed by atoms with Crippen LogP contribution in [-0.2, 0) is 13.5 Å². The van der Waals surface area contributed by atoms with E-state index in [2.05, 4.69) is 33.9 Å². The van der Waals surface area contributed by atoms with Crippen LogP contribution in [0.2, 0.25) is 0 Å². The molecule has 0 fully saturated rings. The first kappa shape index (κ1) is 11.4. The van der Waals surface area contributed by atoms with E-state index in [0.29, 0.717) is 6.42 Å². The van der Waals surface area contributed by atoms with Gasteiger partial charge in [0.25, 0.3) is 0 Å². The normalized spacial score (nSPS) is 13.0. The molecule has 2 aromatic heterocycles. The predicted octanol–water partition coefficient (Wildman–Crippen LogP) is 2.27. The fraction of sp³-hybridized carbons (Fsp3) is 0.231. The summed E-state index contributed by atoms with van der Waals surface area (Å²) in [6.07, 6.45) is 2.63. The smallest absolute Gasteiger partial charge is 0.0845 e. The third-order valence-electron chi connectivity index (χ3n) is 2.99. The van der Waals surface area contributed by atoms with Gasteiger partial charge in [-0.3, -0.25) is 4.68 Å². The van der Waals surface area contributed by atoms with Crippen molar-refractivity contribution in [3.8, 4) is 0 Å². The number of fused-ring (bicyclic) bond motifs is 1. The maximum absolute atomic E-state index is 6.28. The maximum Gasteiger partial charge on any atom is 0.0845 e. The summed E-state index contributed by atoms with van der Waals surface area (Å²) >= 11 is 1.74. The van der Waals surface area contributed by atoms with Gasteiger partial charge in [-0.05, 0) is 22.4 Å². The van der Waals surface area contributed by atoms with Gasteiger partial charge in [-0.1, -0.05) is 23.4 Å². The SMILES string of the molecule is Cn1cc(CC(N)c2csc3ccccc23)nn1. The third-order valence-corrected chi connectivity index (χ3v) is 3.97. The van der Waals surface area contributed by atoms with Crippen molar-refractivity contribution in [3.63, 3.8) is 0 Å². The molecule has 3 rings (SSSR count). The molecular weight excluding hydrogens is 244 g/mol. The lowest BCUT2D eigenvalue weighted by molar-refractivity contribution is 0.698. The first-order chi connectivity index (χ1) is 8.74. The molecule has 0 aliphatic heterocycles. The molecule has 4 nitrogen and oxygen atoms in total. The van der Waals surface area contributed by atoms with Gasteiger partial charge < -0.3 is 5.73 Å². The van der Waals surface area contributed by atoms with Crippen LogP contribution in [0.1, 0.15) is 17.3 Å². The highest BCUT2D eigenvalue weighted by molar-refractivity contribution is 7.17. The molecule has 1 atom stereocenters. The summed E-state index contributed by atoms with van der Waals surface area (Å²) in [5.74, 6) is 0. The summed E-state index contributed by atoms with van der Waals surface area (Å²) in [7, 11) is 1.86. The van der Waals surface area contributed by atoms with Gasteiger partial charge in [-0.25, -0.2) is 0 Å². The number of hydrogen-bond donors (Lipinski definition) is 1. The zero-order valence-corrected chi connectivity index (χ0v) is 10.9. The Kier molecular flexibility index (Phi) is 2.85. The molecule has 2 heterocycles. The van der Waals surface area contributed by atoms with Crippen molar-refractivity contribution in [3.05, 3.63) is 47.1 Å². The summed E-state index contributed by atoms with van der Waals surface area (Å²) in [5, 5.41) is 11.4. The highest BCUT2D eigenvalue weighted by atomic mass is 32.1. The molecule has 0 aliphatic rings. The predicted molar refractivity (Wildman–Crippen MR) is 73.5 cm³/mol. The van der Waals surface area contributed by atoms with Gasteiger partial charge in [-0.2, -0.15) is 0 Å². The van der Waals surface area contributed by atoms with Crippen molar-refractivity contribution >= 4 is 21.4 Å². The molecule has 0 bridgehead atoms. The monoisotopic (exact) mass is 258 g/mol. The summed E-state index contributed by atoms with van der Waals surface area (Å²) in [6.45, 7) is 0. The molecule has 0 radical (unpaired) electrons. The Labute approximate surface area is 109 Å². The highest BCUT2D eigenvalue weighted by Gasteiger charge is 2.13. The number of aryl methyl sites for hydroxylation is 1. The molecule has 18 heavy (non-hydrogen) atoms. The number of benzene rings is 1. The van der Waals surface area contributed by atoms with Crippen LogP contribution in [0.4, 0.5) is 0 Å². The van der Waals surface area contributed by atoms with Gasteiger partial charge in [0.1, 0.15) is 0 Å². The standard InChI is InChI=1S/C13H14N4S/c1-17-7-9(15-16-17)6-12(14)11-8-18-13-5-3-2-4-10(11)13/h2-5,7-8,12H,6,14H2,1H3. The van der Waals surface area contributed by atoms with Gasteiger partial charge in [0.05, 0.1) is 5.69 Å². The van der Waals surface area contributed by atoms with Crippen molar-refractivity contribution in [1.82, 2.24) is 15.0 Å². The quantitative estimate of drug-likeness (QED) is 0.784. The Bertz CT molecular complexity index is 670. The Hall–Kier alpha value is -1.72. The molecule has 1 aromatic carbocycles. The minimum atomic E-state index is -0.0298. The molecule has 3 aromatic rings. The van der Waals surface area contributed by atoms with Crippen LogP contribution in [0.5, 0.6) is 0 Å². The fourth-order valence-corrected chi connectivity index (χ4v) is 3.14. The van der Waals surface area contributed by atoms with E-state index in [0.717, 1.165) is 5.69 Å². The van der Waals surface area contributed by atoms with Gasteiger partial charge in [0.2, 0.25) is 0 Å². The second kappa shape index (κ2) is 4.51. The zero-order valence-electron chi connectivity index (χ0n) is 10.1. The van der Waals surface area contributed by atoms with Gasteiger partial charge >= 0.3 is 0 Å². The molecule has 0 spiro atoms. The fourth-order valence-electron chi connectivity index (χ4n) is 2.11. The van der Waals surface area contributed by atoms with Crippen LogP contribution in [-0.4, -0.2) is 15.0 Å². The second-order valence-corrected chi connectivity index (χ2v) is 5.29. The molecule has 92 valence electrons. The summed E-state index contributed by atoms with van der Waals surface area (Å²) in [4.78, 5) is 0. The van der Waals surface area contributed by atoms with E-state index in [1.54, 1.807) is 16.0 Å². The molecule has 0 saturated carbocycles. The number of thiophene rings is 1. The highest BCUT2D eigenvalue weighted by Crippen LogP contribution is 2.30. The summed E-state index contributed by atoms with van der Waals surface area (Å²) < 4.78 is 2.98. The lowest BCUT2D eigenvalue weighted by Gasteiger charge is -2.08. The first-order valence-electron chi connectivity index (χ1n) is 5.81. The van der Waals surface area contributed by atoms with Crippen LogP contribution in [0.3, 0.4) is 0 Å². The molecule has 5 heteroatoms. The summed E-state index contributed by atoms with van der Waals surface area (Å²) in [6, 6.07) is 8.32. The van der Waals surface area contributed by atoms with E-state index >= 15 is 0 Å². The van der Waals surface area contributed by atoms with Gasteiger partial charge in [-0.15, -0.1) is 16.4 Å². The maximum atomic E-state index is 6.28. The molecule has 1 unspecified atom stereocenters. The number of hydrogen-bond acceptors (Lipinski definition) is 4. The molecule has 0 aliphatic carbocycles. The van der Waals surface area contributed by atoms with E-state index in [-0.39, 0.29) is 6.04 Å². The lowest BCUT2D eigenvalue weighted by Crippen LogP contribution is -2.13. The second-order valence-electron chi connectivity index (χ2n) is 4.38. The average molecular weight is 258 g/mol. The number of rotatable bonds is 3. The Balaban J connectivity index is 1.90. The lowest BCUT2D eigenvalue weighted by atomic mass is 10.0. The van der Waals surface area contributed by atoms with Crippen molar-refractivity contribution < 1.29 is 0 Å². The van der Waals surface area contributed by atoms with Gasteiger partial charge in [0, 0.05) is 30.4 Å². The number of nitrogens with zero attached hydrogens (tertiary/aromatic N) is 3. The van der Waals surface area contributed by atoms with E-state index in [1.807, 2.05) is 19.3 Å². The largest absolute Gasteiger partial charge is 0.324 e. The van der Waals surface area contributed by atoms with Crippen molar-refractivity contribution in [2.45, 2.75) is 12.5 Å². The minimum absolute atomic E-state index is 0.0298. The molecule has 2 N–H and O–H groups in total. The number of aromatic nitrogens is 3. The first-order valence-corrected chi connectivity index (χ1v) is 6.69. The van der Waals surface area contributed by atoms with Crippen LogP contribution in [0.15, 0.2) is 35.8 Å². The average Bonchev–Trinajstić information content (AvgIpc) is 2.95. The number of nitrogens with two attached hydrogens (primary N) is 1. The van der Waals surface area contributed by atoms with Crippen molar-refractivity contribution in [2.75, 3.05) is 0 Å². The molecule has 0 saturated heterocycles. The van der Waals surface area contributed by atoms with E-state index in [9.17, 15) is 0 Å². The topological polar surface area (TPSA) is 56.7 Å². The van der Waals surface area contributed by atoms with Crippen LogP contribution < -0.4 is 5.73 Å². The van der Waals surface area contributed by atoms with E-state index in [1.165, 1.54) is 15.6 Å². The Morgan fingerprint density at radius 2 is 2.22 bits per heavy atom. The van der Waals surface area contributed by atoms with Crippen molar-refractivity contribution in [2.24, 2.45) is 12.8 Å². The minimum Gasteiger partial charge on any atom is -0.324 e. The third kappa shape index (κ3) is 2.02. The van der Waals surface area contributed by atoms with E-state index in [4.69, 9.17) is 5.73 Å². The Morgan fingerprint density at radius 3 is 3.00 bits per heavy atom. The van der Waals surface area contributed by atoms with E-state index < -0.39 is 0 Å². The Morgan fingerprint density at radius 1 is 1.39 bits per heavy atom. The van der Waals surface area contributed by atoms with Gasteiger partial charge in [0.15, 0.2) is 0 Å². The van der Waals surface area contributed by atoms with Crippen LogP contribution in [0, 0.1) is 0 Å². The van der Waals surface area contributed by atoms with Crippen molar-refractivity contribution in [1.29, 1.82) is 0 Å².